The first-order chi connectivity index (χ1) is 35.0. The summed E-state index contributed by atoms with van der Waals surface area (Å²) in [7, 11) is 2.56. The largest absolute Gasteiger partial charge is 0.496 e. The van der Waals surface area contributed by atoms with Crippen LogP contribution in [0.15, 0.2) is 109 Å². The molecule has 4 amide bonds. The number of ether oxygens (including phenoxy) is 3. The lowest BCUT2D eigenvalue weighted by Crippen LogP contribution is -2.41. The number of pyridine rings is 2. The van der Waals surface area contributed by atoms with Crippen molar-refractivity contribution in [2.24, 2.45) is 0 Å². The summed E-state index contributed by atoms with van der Waals surface area (Å²) in [5.41, 5.74) is 5.25. The SMILES string of the molecule is CCNC(=O)NCc1ccc(B2OC(C)(C)C(C)(C)O2)cn1.CCNC(=O)NCc1ccc(OCc2ccc(OC)c(-c3cccc(C#N)c3)c2F)cn1.COc1ccc(CBr)c(F)c1-c1cccc(C#N)c1. The van der Waals surface area contributed by atoms with E-state index in [2.05, 4.69) is 59.3 Å². The van der Waals surface area contributed by atoms with Gasteiger partial charge in [0.05, 0.1) is 90.5 Å². The first kappa shape index (κ1) is 56.3. The topological polar surface area (TPSA) is 202 Å². The van der Waals surface area contributed by atoms with Crippen molar-refractivity contribution in [3.8, 4) is 51.6 Å². The summed E-state index contributed by atoms with van der Waals surface area (Å²) in [6.07, 6.45) is 3.25. The predicted molar refractivity (Wildman–Crippen MR) is 279 cm³/mol. The van der Waals surface area contributed by atoms with E-state index >= 15 is 4.39 Å². The Morgan fingerprint density at radius 1 is 0.671 bits per heavy atom. The van der Waals surface area contributed by atoms with Gasteiger partial charge < -0.3 is 44.8 Å². The molecule has 73 heavy (non-hydrogen) atoms. The number of hydrogen-bond donors (Lipinski definition) is 4. The highest BCUT2D eigenvalue weighted by Crippen LogP contribution is 2.38. The number of rotatable bonds is 15. The molecule has 1 saturated heterocycles. The van der Waals surface area contributed by atoms with Crippen molar-refractivity contribution in [2.45, 2.75) is 77.8 Å². The number of halogens is 3. The van der Waals surface area contributed by atoms with Crippen LogP contribution in [0.1, 0.15) is 75.2 Å². The molecule has 0 spiro atoms. The number of methoxy groups -OCH3 is 2. The summed E-state index contributed by atoms with van der Waals surface area (Å²) in [6, 6.07) is 31.1. The van der Waals surface area contributed by atoms with E-state index in [4.69, 9.17) is 34.0 Å². The number of carbonyl (C=O) groups is 2. The molecule has 6 aromatic rings. The maximum atomic E-state index is 15.3. The Bertz CT molecular complexity index is 2900. The molecule has 0 bridgehead atoms. The van der Waals surface area contributed by atoms with Gasteiger partial charge in [-0.05, 0) is 119 Å². The van der Waals surface area contributed by atoms with Crippen LogP contribution in [-0.2, 0) is 34.3 Å². The van der Waals surface area contributed by atoms with Crippen molar-refractivity contribution in [3.05, 3.63) is 155 Å². The molecule has 4 N–H and O–H groups in total. The van der Waals surface area contributed by atoms with E-state index in [1.807, 2.05) is 53.7 Å². The van der Waals surface area contributed by atoms with Crippen LogP contribution in [0.5, 0.6) is 17.2 Å². The summed E-state index contributed by atoms with van der Waals surface area (Å²) < 4.78 is 58.0. The number of carbonyl (C=O) groups excluding carboxylic acids is 2. The number of aromatic nitrogens is 2. The zero-order chi connectivity index (χ0) is 53.1. The molecule has 2 aromatic heterocycles. The lowest BCUT2D eigenvalue weighted by molar-refractivity contribution is 0.00578. The highest BCUT2D eigenvalue weighted by Gasteiger charge is 2.51. The van der Waals surface area contributed by atoms with E-state index in [0.29, 0.717) is 86.9 Å². The monoisotopic (exact) mass is 1060 g/mol. The van der Waals surface area contributed by atoms with Crippen LogP contribution in [0.25, 0.3) is 22.3 Å². The van der Waals surface area contributed by atoms with Gasteiger partial charge in [0.25, 0.3) is 0 Å². The van der Waals surface area contributed by atoms with Gasteiger partial charge in [-0.1, -0.05) is 52.3 Å². The van der Waals surface area contributed by atoms with Gasteiger partial charge >= 0.3 is 19.2 Å². The maximum absolute atomic E-state index is 15.3. The van der Waals surface area contributed by atoms with Gasteiger partial charge in [-0.2, -0.15) is 10.5 Å². The minimum Gasteiger partial charge on any atom is -0.496 e. The molecule has 0 aliphatic carbocycles. The molecule has 1 aliphatic rings. The van der Waals surface area contributed by atoms with Crippen LogP contribution < -0.4 is 40.9 Å². The molecule has 15 nitrogen and oxygen atoms in total. The molecule has 19 heteroatoms. The molecule has 0 radical (unpaired) electrons. The molecular weight excluding hydrogens is 1000 g/mol. The number of nitrogens with zero attached hydrogens (tertiary/aromatic N) is 4. The second kappa shape index (κ2) is 26.8. The zero-order valence-corrected chi connectivity index (χ0v) is 43.6. The summed E-state index contributed by atoms with van der Waals surface area (Å²) >= 11 is 3.26. The van der Waals surface area contributed by atoms with Gasteiger partial charge in [0.2, 0.25) is 0 Å². The molecule has 0 unspecified atom stereocenters. The number of alkyl halides is 1. The third-order valence-corrected chi connectivity index (χ3v) is 12.2. The number of nitrogens with one attached hydrogen (secondary N) is 4. The molecule has 1 aliphatic heterocycles. The number of urea groups is 2. The van der Waals surface area contributed by atoms with Gasteiger partial charge in [0.15, 0.2) is 0 Å². The van der Waals surface area contributed by atoms with Crippen molar-refractivity contribution in [1.29, 1.82) is 10.5 Å². The van der Waals surface area contributed by atoms with Gasteiger partial charge in [-0.15, -0.1) is 0 Å². The Balaban J connectivity index is 0.000000212. The highest BCUT2D eigenvalue weighted by atomic mass is 79.9. The van der Waals surface area contributed by atoms with Gasteiger partial charge in [0, 0.05) is 35.6 Å². The Morgan fingerprint density at radius 3 is 1.58 bits per heavy atom. The average molecular weight is 1060 g/mol. The van der Waals surface area contributed by atoms with Crippen LogP contribution in [0.3, 0.4) is 0 Å². The summed E-state index contributed by atoms with van der Waals surface area (Å²) in [6.45, 7) is 13.6. The molecule has 1 fully saturated rings. The minimum absolute atomic E-state index is 0.0149. The van der Waals surface area contributed by atoms with Crippen LogP contribution in [-0.4, -0.2) is 67.7 Å². The molecular formula is C54H58BBrF2N8O7. The number of amides is 4. The smallest absolute Gasteiger partial charge is 0.496 e. The summed E-state index contributed by atoms with van der Waals surface area (Å²) in [4.78, 5) is 31.4. The lowest BCUT2D eigenvalue weighted by Gasteiger charge is -2.32. The first-order valence-electron chi connectivity index (χ1n) is 23.2. The summed E-state index contributed by atoms with van der Waals surface area (Å²) in [5, 5.41) is 29.2. The molecule has 7 rings (SSSR count). The Labute approximate surface area is 433 Å². The van der Waals surface area contributed by atoms with Crippen molar-refractivity contribution in [2.75, 3.05) is 27.3 Å². The van der Waals surface area contributed by atoms with Crippen molar-refractivity contribution >= 4 is 40.6 Å². The fourth-order valence-corrected chi connectivity index (χ4v) is 7.43. The van der Waals surface area contributed by atoms with E-state index in [1.54, 1.807) is 91.1 Å². The number of hydrogen-bond acceptors (Lipinski definition) is 11. The Kier molecular flexibility index (Phi) is 20.6. The second-order valence-electron chi connectivity index (χ2n) is 17.1. The minimum atomic E-state index is -0.477. The highest BCUT2D eigenvalue weighted by molar-refractivity contribution is 9.08. The summed E-state index contributed by atoms with van der Waals surface area (Å²) in [5.74, 6) is 0.487. The van der Waals surface area contributed by atoms with E-state index < -0.39 is 12.9 Å². The second-order valence-corrected chi connectivity index (χ2v) is 17.7. The zero-order valence-electron chi connectivity index (χ0n) is 42.0. The van der Waals surface area contributed by atoms with E-state index in [1.165, 1.54) is 20.4 Å². The van der Waals surface area contributed by atoms with Crippen molar-refractivity contribution in [3.63, 3.8) is 0 Å². The molecule has 380 valence electrons. The van der Waals surface area contributed by atoms with Crippen molar-refractivity contribution in [1.82, 2.24) is 31.2 Å². The van der Waals surface area contributed by atoms with Crippen LogP contribution in [0.4, 0.5) is 18.4 Å². The molecule has 3 heterocycles. The number of benzene rings is 4. The average Bonchev–Trinajstić information content (AvgIpc) is 3.62. The Hall–Kier alpha value is -7.58. The fraction of sp³-hybridized carbons (Fsp3) is 0.296. The van der Waals surface area contributed by atoms with Crippen LogP contribution in [0, 0.1) is 34.3 Å². The van der Waals surface area contributed by atoms with Gasteiger partial charge in [-0.3, -0.25) is 9.97 Å². The number of nitriles is 2. The fourth-order valence-electron chi connectivity index (χ4n) is 6.99. The van der Waals surface area contributed by atoms with E-state index in [9.17, 15) is 14.0 Å². The lowest BCUT2D eigenvalue weighted by atomic mass is 9.80. The van der Waals surface area contributed by atoms with Crippen molar-refractivity contribution < 1.29 is 41.9 Å². The molecule has 0 atom stereocenters. The van der Waals surface area contributed by atoms with Crippen LogP contribution in [0.2, 0.25) is 0 Å². The first-order valence-corrected chi connectivity index (χ1v) is 24.3. The van der Waals surface area contributed by atoms with Crippen LogP contribution >= 0.6 is 15.9 Å². The third-order valence-electron chi connectivity index (χ3n) is 11.6. The van der Waals surface area contributed by atoms with E-state index in [-0.39, 0.29) is 47.8 Å². The molecule has 4 aromatic carbocycles. The van der Waals surface area contributed by atoms with Gasteiger partial charge in [-0.25, -0.2) is 18.4 Å². The maximum Gasteiger partial charge on any atom is 0.496 e. The molecule has 0 saturated carbocycles. The normalized spacial score (nSPS) is 12.8. The standard InChI is InChI=1S/C24H23FN4O3.C15H24BN3O3.C15H11BrFNO/c1-3-27-24(30)29-13-19-8-9-20(14-28-19)32-15-18-7-10-21(31-2)22(23(18)25)17-6-4-5-16(11-17)12-26;1-6-17-13(20)19-10-12-8-7-11(9-18-12)16-21-14(2,3)15(4,5)22-16;1-19-13-6-5-12(8-16)15(17)14(13)11-4-2-3-10(7-11)9-18/h4-11,14H,3,13,15H2,1-2H3,(H2,27,29,30);7-9H,6,10H2,1-5H3,(H2,17,19,20);2-7H,8H2,1H3. The predicted octanol–water partition coefficient (Wildman–Crippen LogP) is 9.63. The van der Waals surface area contributed by atoms with E-state index in [0.717, 1.165) is 11.2 Å². The Morgan fingerprint density at radius 2 is 1.15 bits per heavy atom. The van der Waals surface area contributed by atoms with Gasteiger partial charge in [0.1, 0.15) is 35.5 Å². The quantitative estimate of drug-likeness (QED) is 0.0564. The third kappa shape index (κ3) is 15.2.